The fourth-order valence-electron chi connectivity index (χ4n) is 5.03. The fraction of sp³-hybridized carbons (Fsp3) is 0.310. The van der Waals surface area contributed by atoms with Crippen molar-refractivity contribution in [2.75, 3.05) is 26.2 Å². The van der Waals surface area contributed by atoms with Gasteiger partial charge < -0.3 is 19.7 Å². The van der Waals surface area contributed by atoms with Crippen molar-refractivity contribution in [1.29, 1.82) is 0 Å². The largest absolute Gasteiger partial charge is 0.508 e. The van der Waals surface area contributed by atoms with Crippen LogP contribution in [0.25, 0.3) is 20.5 Å². The number of rotatable bonds is 7. The second kappa shape index (κ2) is 9.53. The minimum absolute atomic E-state index is 0.0140. The monoisotopic (exact) mass is 487 g/mol. The molecule has 2 unspecified atom stereocenters. The zero-order valence-electron chi connectivity index (χ0n) is 19.5. The summed E-state index contributed by atoms with van der Waals surface area (Å²) in [6.07, 6.45) is 3.88. The molecule has 180 valence electrons. The normalized spacial score (nSPS) is 20.2. The van der Waals surface area contributed by atoms with Gasteiger partial charge in [-0.3, -0.25) is 4.90 Å². The molecular formula is C29H29NO4S. The van der Waals surface area contributed by atoms with Gasteiger partial charge in [0.2, 0.25) is 0 Å². The average Bonchev–Trinajstić information content (AvgIpc) is 3.58. The van der Waals surface area contributed by atoms with Gasteiger partial charge in [-0.15, -0.1) is 11.3 Å². The van der Waals surface area contributed by atoms with Crippen LogP contribution in [-0.2, 0) is 4.74 Å². The molecule has 35 heavy (non-hydrogen) atoms. The van der Waals surface area contributed by atoms with Crippen LogP contribution in [0, 0.1) is 0 Å². The highest BCUT2D eigenvalue weighted by Gasteiger charge is 2.44. The molecule has 5 nitrogen and oxygen atoms in total. The van der Waals surface area contributed by atoms with E-state index < -0.39 is 0 Å². The van der Waals surface area contributed by atoms with Gasteiger partial charge in [0.25, 0.3) is 0 Å². The number of nitrogens with zero attached hydrogens (tertiary/aromatic N) is 1. The number of thiophene rings is 1. The number of benzene rings is 3. The lowest BCUT2D eigenvalue weighted by molar-refractivity contribution is 0.183. The molecule has 2 aliphatic rings. The van der Waals surface area contributed by atoms with Crippen LogP contribution in [0.2, 0.25) is 0 Å². The highest BCUT2D eigenvalue weighted by Crippen LogP contribution is 2.57. The van der Waals surface area contributed by atoms with Crippen molar-refractivity contribution in [3.8, 4) is 27.7 Å². The van der Waals surface area contributed by atoms with Crippen molar-refractivity contribution < 1.29 is 19.7 Å². The summed E-state index contributed by atoms with van der Waals surface area (Å²) < 4.78 is 13.2. The van der Waals surface area contributed by atoms with Crippen LogP contribution in [0.15, 0.2) is 66.7 Å². The summed E-state index contributed by atoms with van der Waals surface area (Å²) in [6, 6.07) is 21.0. The Balaban J connectivity index is 1.19. The fourth-order valence-corrected chi connectivity index (χ4v) is 6.31. The molecule has 0 radical (unpaired) electrons. The molecule has 0 aliphatic carbocycles. The lowest BCUT2D eigenvalue weighted by Gasteiger charge is -2.26. The summed E-state index contributed by atoms with van der Waals surface area (Å²) in [6.45, 7) is 4.07. The van der Waals surface area contributed by atoms with Crippen molar-refractivity contribution in [3.05, 3.63) is 77.9 Å². The molecular weight excluding hydrogens is 458 g/mol. The Morgan fingerprint density at radius 3 is 2.37 bits per heavy atom. The number of phenolic OH excluding ortho intramolecular Hbond substituents is 2. The quantitative estimate of drug-likeness (QED) is 0.286. The Labute approximate surface area is 209 Å². The number of phenols is 2. The van der Waals surface area contributed by atoms with Crippen LogP contribution in [0.4, 0.5) is 0 Å². The molecule has 2 fully saturated rings. The standard InChI is InChI=1S/C29H29NO4S/c31-21-8-4-20(5-9-21)29-26(24-13-10-22(32)18-25(24)35-29)28-27(34-28)19-6-11-23(12-7-19)33-17-16-30-14-2-1-3-15-30/h4-13,18,27-28,31-32H,1-3,14-17H2. The van der Waals surface area contributed by atoms with Gasteiger partial charge in [-0.25, -0.2) is 0 Å². The van der Waals surface area contributed by atoms with Crippen molar-refractivity contribution in [1.82, 2.24) is 4.90 Å². The third kappa shape index (κ3) is 4.74. The van der Waals surface area contributed by atoms with E-state index >= 15 is 0 Å². The van der Waals surface area contributed by atoms with Crippen molar-refractivity contribution >= 4 is 21.4 Å². The molecule has 6 rings (SSSR count). The second-order valence-electron chi connectivity index (χ2n) is 9.37. The first-order valence-corrected chi connectivity index (χ1v) is 13.1. The number of ether oxygens (including phenoxy) is 2. The topological polar surface area (TPSA) is 65.5 Å². The van der Waals surface area contributed by atoms with Crippen LogP contribution < -0.4 is 4.74 Å². The van der Waals surface area contributed by atoms with E-state index in [1.807, 2.05) is 30.3 Å². The van der Waals surface area contributed by atoms with Gasteiger partial charge in [0.15, 0.2) is 0 Å². The van der Waals surface area contributed by atoms with E-state index in [-0.39, 0.29) is 23.7 Å². The van der Waals surface area contributed by atoms with Gasteiger partial charge in [0.05, 0.1) is 0 Å². The Kier molecular flexibility index (Phi) is 6.10. The maximum Gasteiger partial charge on any atom is 0.119 e. The molecule has 0 spiro atoms. The van der Waals surface area contributed by atoms with Crippen LogP contribution in [0.5, 0.6) is 17.2 Å². The van der Waals surface area contributed by atoms with Crippen LogP contribution >= 0.6 is 11.3 Å². The molecule has 0 bridgehead atoms. The van der Waals surface area contributed by atoms with E-state index in [0.717, 1.165) is 43.9 Å². The van der Waals surface area contributed by atoms with Gasteiger partial charge in [0.1, 0.15) is 36.1 Å². The first kappa shape index (κ1) is 22.4. The first-order valence-electron chi connectivity index (χ1n) is 12.3. The molecule has 6 heteroatoms. The SMILES string of the molecule is Oc1ccc(-c2sc3cc(O)ccc3c2C2OC2c2ccc(OCCN3CCCCC3)cc2)cc1. The summed E-state index contributed by atoms with van der Waals surface area (Å²) in [5.41, 5.74) is 3.31. The number of epoxide rings is 1. The van der Waals surface area contributed by atoms with Gasteiger partial charge >= 0.3 is 0 Å². The lowest BCUT2D eigenvalue weighted by atomic mass is 9.99. The number of piperidine rings is 1. The van der Waals surface area contributed by atoms with Gasteiger partial charge in [-0.2, -0.15) is 0 Å². The number of hydrogen-bond donors (Lipinski definition) is 2. The van der Waals surface area contributed by atoms with Crippen LogP contribution in [0.1, 0.15) is 42.6 Å². The molecule has 0 amide bonds. The number of fused-ring (bicyclic) bond motifs is 1. The predicted molar refractivity (Wildman–Crippen MR) is 139 cm³/mol. The van der Waals surface area contributed by atoms with E-state index in [9.17, 15) is 10.2 Å². The zero-order chi connectivity index (χ0) is 23.8. The maximum absolute atomic E-state index is 10.0. The molecule has 2 N–H and O–H groups in total. The van der Waals surface area contributed by atoms with Gasteiger partial charge in [-0.05, 0) is 97.0 Å². The Morgan fingerprint density at radius 2 is 1.60 bits per heavy atom. The zero-order valence-corrected chi connectivity index (χ0v) is 20.3. The Bertz CT molecular complexity index is 1310. The summed E-state index contributed by atoms with van der Waals surface area (Å²) in [5, 5.41) is 20.8. The Morgan fingerprint density at radius 1 is 0.857 bits per heavy atom. The molecule has 3 aromatic carbocycles. The van der Waals surface area contributed by atoms with E-state index in [2.05, 4.69) is 17.0 Å². The molecule has 2 atom stereocenters. The average molecular weight is 488 g/mol. The summed E-state index contributed by atoms with van der Waals surface area (Å²) in [5.74, 6) is 1.39. The molecule has 0 saturated carbocycles. The smallest absolute Gasteiger partial charge is 0.119 e. The van der Waals surface area contributed by atoms with Crippen molar-refractivity contribution in [2.24, 2.45) is 0 Å². The number of hydrogen-bond acceptors (Lipinski definition) is 6. The number of aromatic hydroxyl groups is 2. The summed E-state index contributed by atoms with van der Waals surface area (Å²) in [4.78, 5) is 3.59. The molecule has 2 saturated heterocycles. The van der Waals surface area contributed by atoms with E-state index in [4.69, 9.17) is 9.47 Å². The first-order chi connectivity index (χ1) is 17.2. The summed E-state index contributed by atoms with van der Waals surface area (Å²) >= 11 is 1.64. The van der Waals surface area contributed by atoms with E-state index in [0.29, 0.717) is 6.61 Å². The molecule has 4 aromatic rings. The van der Waals surface area contributed by atoms with Crippen molar-refractivity contribution in [3.63, 3.8) is 0 Å². The molecule has 1 aromatic heterocycles. The maximum atomic E-state index is 10.0. The van der Waals surface area contributed by atoms with Crippen LogP contribution in [0.3, 0.4) is 0 Å². The highest BCUT2D eigenvalue weighted by atomic mass is 32.1. The van der Waals surface area contributed by atoms with Gasteiger partial charge in [-0.1, -0.05) is 18.6 Å². The van der Waals surface area contributed by atoms with Gasteiger partial charge in [0, 0.05) is 21.7 Å². The van der Waals surface area contributed by atoms with E-state index in [1.54, 1.807) is 35.6 Å². The predicted octanol–water partition coefficient (Wildman–Crippen LogP) is 6.66. The molecule has 2 aliphatic heterocycles. The minimum atomic E-state index is -0.0528. The van der Waals surface area contributed by atoms with E-state index in [1.165, 1.54) is 32.4 Å². The third-order valence-electron chi connectivity index (χ3n) is 6.95. The minimum Gasteiger partial charge on any atom is -0.508 e. The third-order valence-corrected chi connectivity index (χ3v) is 8.17. The molecule has 3 heterocycles. The highest BCUT2D eigenvalue weighted by molar-refractivity contribution is 7.22. The number of likely N-dealkylation sites (tertiary alicyclic amines) is 1. The summed E-state index contributed by atoms with van der Waals surface area (Å²) in [7, 11) is 0. The second-order valence-corrected chi connectivity index (χ2v) is 10.4. The van der Waals surface area contributed by atoms with Crippen LogP contribution in [-0.4, -0.2) is 41.4 Å². The lowest BCUT2D eigenvalue weighted by Crippen LogP contribution is -2.33. The Hall–Kier alpha value is -3.06. The van der Waals surface area contributed by atoms with Crippen molar-refractivity contribution in [2.45, 2.75) is 31.5 Å².